The predicted molar refractivity (Wildman–Crippen MR) is 138 cm³/mol. The van der Waals surface area contributed by atoms with Gasteiger partial charge >= 0.3 is 5.97 Å². The van der Waals surface area contributed by atoms with E-state index < -0.39 is 0 Å². The van der Waals surface area contributed by atoms with Gasteiger partial charge < -0.3 is 4.74 Å². The van der Waals surface area contributed by atoms with Gasteiger partial charge in [0.2, 0.25) is 0 Å². The quantitative estimate of drug-likeness (QED) is 0.132. The molecular formula is C29H58O2. The van der Waals surface area contributed by atoms with Crippen LogP contribution in [0.1, 0.15) is 157 Å². The molecule has 0 aromatic heterocycles. The highest BCUT2D eigenvalue weighted by Gasteiger charge is 2.27. The first-order valence-corrected chi connectivity index (χ1v) is 14.0. The number of esters is 1. The van der Waals surface area contributed by atoms with Crippen LogP contribution in [-0.4, -0.2) is 12.6 Å². The summed E-state index contributed by atoms with van der Waals surface area (Å²) in [5.41, 5.74) is 0.171. The highest BCUT2D eigenvalue weighted by molar-refractivity contribution is 5.69. The van der Waals surface area contributed by atoms with Gasteiger partial charge in [-0.1, -0.05) is 138 Å². The molecule has 0 radical (unpaired) electrons. The highest BCUT2D eigenvalue weighted by Crippen LogP contribution is 2.33. The fraction of sp³-hybridized carbons (Fsp3) is 0.966. The minimum atomic E-state index is 0.0312. The molecule has 0 aromatic carbocycles. The Morgan fingerprint density at radius 2 is 1.10 bits per heavy atom. The summed E-state index contributed by atoms with van der Waals surface area (Å²) in [6, 6.07) is 0. The van der Waals surface area contributed by atoms with E-state index in [4.69, 9.17) is 4.74 Å². The second-order valence-corrected chi connectivity index (χ2v) is 11.0. The summed E-state index contributed by atoms with van der Waals surface area (Å²) in [7, 11) is 0. The number of carbonyl (C=O) groups excluding carboxylic acids is 1. The van der Waals surface area contributed by atoms with Crippen molar-refractivity contribution in [3.63, 3.8) is 0 Å². The summed E-state index contributed by atoms with van der Waals surface area (Å²) in [4.78, 5) is 12.6. The molecule has 0 N–H and O–H groups in total. The second-order valence-electron chi connectivity index (χ2n) is 11.0. The van der Waals surface area contributed by atoms with Crippen molar-refractivity contribution in [2.75, 3.05) is 6.61 Å². The van der Waals surface area contributed by atoms with Gasteiger partial charge in [0, 0.05) is 6.42 Å². The Morgan fingerprint density at radius 3 is 1.61 bits per heavy atom. The van der Waals surface area contributed by atoms with Crippen molar-refractivity contribution < 1.29 is 9.53 Å². The largest absolute Gasteiger partial charge is 0.466 e. The standard InChI is InChI=1S/C29H58O2/c1-7-10-13-14-15-16-19-22-27(29(4,5)6)25-28(30)31-24-23-26(20-17-11-8-2)21-18-12-9-3/h26-27H,7-25H2,1-6H3. The minimum Gasteiger partial charge on any atom is -0.466 e. The number of hydrogen-bond acceptors (Lipinski definition) is 2. The van der Waals surface area contributed by atoms with Crippen molar-refractivity contribution in [1.82, 2.24) is 0 Å². The molecule has 0 aliphatic carbocycles. The molecular weight excluding hydrogens is 380 g/mol. The van der Waals surface area contributed by atoms with Crippen LogP contribution in [0.4, 0.5) is 0 Å². The molecule has 0 saturated heterocycles. The van der Waals surface area contributed by atoms with Gasteiger partial charge in [0.25, 0.3) is 0 Å². The number of hydrogen-bond donors (Lipinski definition) is 0. The molecule has 0 rings (SSSR count). The maximum atomic E-state index is 12.6. The van der Waals surface area contributed by atoms with Crippen LogP contribution in [-0.2, 0) is 9.53 Å². The third-order valence-electron chi connectivity index (χ3n) is 7.01. The van der Waals surface area contributed by atoms with E-state index in [1.165, 1.54) is 96.3 Å². The molecule has 1 atom stereocenters. The van der Waals surface area contributed by atoms with Crippen molar-refractivity contribution in [3.8, 4) is 0 Å². The van der Waals surface area contributed by atoms with Crippen molar-refractivity contribution in [1.29, 1.82) is 0 Å². The Morgan fingerprint density at radius 1 is 0.645 bits per heavy atom. The van der Waals surface area contributed by atoms with E-state index in [2.05, 4.69) is 41.5 Å². The fourth-order valence-corrected chi connectivity index (χ4v) is 4.59. The van der Waals surface area contributed by atoms with Gasteiger partial charge in [-0.3, -0.25) is 4.79 Å². The average molecular weight is 439 g/mol. The van der Waals surface area contributed by atoms with Crippen LogP contribution >= 0.6 is 0 Å². The normalized spacial score (nSPS) is 13.0. The monoisotopic (exact) mass is 438 g/mol. The van der Waals surface area contributed by atoms with E-state index >= 15 is 0 Å². The van der Waals surface area contributed by atoms with Crippen LogP contribution in [0.25, 0.3) is 0 Å². The van der Waals surface area contributed by atoms with Crippen molar-refractivity contribution >= 4 is 5.97 Å². The Kier molecular flexibility index (Phi) is 19.8. The number of carbonyl (C=O) groups is 1. The number of unbranched alkanes of at least 4 members (excludes halogenated alkanes) is 10. The lowest BCUT2D eigenvalue weighted by molar-refractivity contribution is -0.146. The van der Waals surface area contributed by atoms with Crippen LogP contribution in [0.5, 0.6) is 0 Å². The molecule has 0 aliphatic heterocycles. The molecule has 0 spiro atoms. The van der Waals surface area contributed by atoms with Gasteiger partial charge in [-0.2, -0.15) is 0 Å². The summed E-state index contributed by atoms with van der Waals surface area (Å²) < 4.78 is 5.74. The van der Waals surface area contributed by atoms with Crippen molar-refractivity contribution in [2.45, 2.75) is 157 Å². The summed E-state index contributed by atoms with van der Waals surface area (Å²) in [6.07, 6.45) is 22.6. The van der Waals surface area contributed by atoms with Crippen molar-refractivity contribution in [2.24, 2.45) is 17.3 Å². The van der Waals surface area contributed by atoms with Crippen LogP contribution in [0.15, 0.2) is 0 Å². The van der Waals surface area contributed by atoms with Crippen LogP contribution < -0.4 is 0 Å². The van der Waals surface area contributed by atoms with Gasteiger partial charge in [0.15, 0.2) is 0 Å². The van der Waals surface area contributed by atoms with E-state index in [-0.39, 0.29) is 11.4 Å². The van der Waals surface area contributed by atoms with E-state index in [0.29, 0.717) is 18.9 Å². The molecule has 2 heteroatoms. The zero-order valence-corrected chi connectivity index (χ0v) is 22.4. The minimum absolute atomic E-state index is 0.0312. The summed E-state index contributed by atoms with van der Waals surface area (Å²) in [5, 5.41) is 0. The zero-order chi connectivity index (χ0) is 23.4. The molecule has 0 aromatic rings. The lowest BCUT2D eigenvalue weighted by Crippen LogP contribution is -2.25. The Balaban J connectivity index is 4.27. The first kappa shape index (κ1) is 30.5. The Labute approximate surface area is 196 Å². The maximum absolute atomic E-state index is 12.6. The van der Waals surface area contributed by atoms with E-state index in [1.54, 1.807) is 0 Å². The molecule has 0 bridgehead atoms. The molecule has 0 saturated carbocycles. The van der Waals surface area contributed by atoms with Gasteiger partial charge in [-0.05, 0) is 30.1 Å². The molecule has 0 amide bonds. The van der Waals surface area contributed by atoms with E-state index in [1.807, 2.05) is 0 Å². The maximum Gasteiger partial charge on any atom is 0.306 e. The SMILES string of the molecule is CCCCCCCCCC(CC(=O)OCCC(CCCCC)CCCCC)C(C)(C)C. The molecule has 31 heavy (non-hydrogen) atoms. The third-order valence-corrected chi connectivity index (χ3v) is 7.01. The fourth-order valence-electron chi connectivity index (χ4n) is 4.59. The molecule has 186 valence electrons. The first-order valence-electron chi connectivity index (χ1n) is 14.0. The van der Waals surface area contributed by atoms with Gasteiger partial charge in [0.1, 0.15) is 0 Å². The summed E-state index contributed by atoms with van der Waals surface area (Å²) in [6.45, 7) is 14.3. The summed E-state index contributed by atoms with van der Waals surface area (Å²) >= 11 is 0. The van der Waals surface area contributed by atoms with Crippen LogP contribution in [0.3, 0.4) is 0 Å². The molecule has 0 aliphatic rings. The Bertz CT molecular complexity index is 386. The summed E-state index contributed by atoms with van der Waals surface area (Å²) in [5.74, 6) is 1.20. The molecule has 0 heterocycles. The molecule has 1 unspecified atom stereocenters. The topological polar surface area (TPSA) is 26.3 Å². The molecule has 2 nitrogen and oxygen atoms in total. The lowest BCUT2D eigenvalue weighted by atomic mass is 9.76. The Hall–Kier alpha value is -0.530. The zero-order valence-electron chi connectivity index (χ0n) is 22.4. The average Bonchev–Trinajstić information content (AvgIpc) is 2.71. The highest BCUT2D eigenvalue weighted by atomic mass is 16.5. The lowest BCUT2D eigenvalue weighted by Gasteiger charge is -2.30. The van der Waals surface area contributed by atoms with Gasteiger partial charge in [-0.25, -0.2) is 0 Å². The first-order chi connectivity index (χ1) is 14.8. The van der Waals surface area contributed by atoms with Gasteiger partial charge in [-0.15, -0.1) is 0 Å². The number of rotatable bonds is 21. The predicted octanol–water partition coefficient (Wildman–Crippen LogP) is 9.89. The smallest absolute Gasteiger partial charge is 0.306 e. The molecule has 0 fully saturated rings. The van der Waals surface area contributed by atoms with Crippen LogP contribution in [0, 0.1) is 17.3 Å². The van der Waals surface area contributed by atoms with E-state index in [0.717, 1.165) is 18.8 Å². The second kappa shape index (κ2) is 20.1. The third kappa shape index (κ3) is 18.7. The van der Waals surface area contributed by atoms with Crippen LogP contribution in [0.2, 0.25) is 0 Å². The van der Waals surface area contributed by atoms with Gasteiger partial charge in [0.05, 0.1) is 6.61 Å². The number of ether oxygens (including phenoxy) is 1. The van der Waals surface area contributed by atoms with E-state index in [9.17, 15) is 4.79 Å². The van der Waals surface area contributed by atoms with Crippen molar-refractivity contribution in [3.05, 3.63) is 0 Å².